The van der Waals surface area contributed by atoms with E-state index in [1.807, 2.05) is 35.2 Å². The highest BCUT2D eigenvalue weighted by molar-refractivity contribution is 5.94. The van der Waals surface area contributed by atoms with Crippen molar-refractivity contribution in [2.24, 2.45) is 0 Å². The van der Waals surface area contributed by atoms with Crippen LogP contribution in [0.3, 0.4) is 0 Å². The molecule has 2 amide bonds. The molecule has 0 N–H and O–H groups in total. The molecule has 1 fully saturated rings. The monoisotopic (exact) mass is 432 g/mol. The molecule has 4 rings (SSSR count). The Morgan fingerprint density at radius 3 is 2.28 bits per heavy atom. The third-order valence-corrected chi connectivity index (χ3v) is 5.80. The van der Waals surface area contributed by atoms with Gasteiger partial charge in [-0.1, -0.05) is 36.4 Å². The van der Waals surface area contributed by atoms with E-state index in [0.717, 1.165) is 22.3 Å². The van der Waals surface area contributed by atoms with E-state index in [2.05, 4.69) is 12.1 Å². The first-order chi connectivity index (χ1) is 15.7. The molecular formula is C26H28N2O4. The first-order valence-corrected chi connectivity index (χ1v) is 11.0. The minimum Gasteiger partial charge on any atom is -0.497 e. The molecule has 0 aliphatic carbocycles. The van der Waals surface area contributed by atoms with Gasteiger partial charge in [-0.05, 0) is 42.1 Å². The number of carbonyl (C=O) groups excluding carboxylic acids is 2. The highest BCUT2D eigenvalue weighted by Gasteiger charge is 2.24. The summed E-state index contributed by atoms with van der Waals surface area (Å²) in [6.45, 7) is 2.71. The van der Waals surface area contributed by atoms with Gasteiger partial charge in [0.1, 0.15) is 11.5 Å². The lowest BCUT2D eigenvalue weighted by atomic mass is 10.1. The summed E-state index contributed by atoms with van der Waals surface area (Å²) in [7, 11) is 1.60. The molecule has 0 spiro atoms. The van der Waals surface area contributed by atoms with Crippen LogP contribution in [0.15, 0.2) is 66.7 Å². The van der Waals surface area contributed by atoms with E-state index in [1.54, 1.807) is 36.3 Å². The molecule has 32 heavy (non-hydrogen) atoms. The molecule has 1 saturated heterocycles. The predicted molar refractivity (Wildman–Crippen MR) is 124 cm³/mol. The van der Waals surface area contributed by atoms with E-state index in [0.29, 0.717) is 51.2 Å². The van der Waals surface area contributed by atoms with Crippen molar-refractivity contribution >= 4 is 22.6 Å². The smallest absolute Gasteiger partial charge is 0.253 e. The lowest BCUT2D eigenvalue weighted by molar-refractivity contribution is -0.132. The lowest BCUT2D eigenvalue weighted by Crippen LogP contribution is -2.50. The van der Waals surface area contributed by atoms with Crippen molar-refractivity contribution in [3.63, 3.8) is 0 Å². The van der Waals surface area contributed by atoms with Crippen molar-refractivity contribution in [2.45, 2.75) is 12.8 Å². The summed E-state index contributed by atoms with van der Waals surface area (Å²) in [5.41, 5.74) is 0.635. The van der Waals surface area contributed by atoms with E-state index in [1.165, 1.54) is 0 Å². The number of ether oxygens (including phenoxy) is 2. The number of fused-ring (bicyclic) bond motifs is 1. The van der Waals surface area contributed by atoms with Gasteiger partial charge >= 0.3 is 0 Å². The van der Waals surface area contributed by atoms with Crippen molar-refractivity contribution in [1.82, 2.24) is 9.80 Å². The molecule has 0 unspecified atom stereocenters. The van der Waals surface area contributed by atoms with Gasteiger partial charge in [-0.25, -0.2) is 0 Å². The Kier molecular flexibility index (Phi) is 6.90. The van der Waals surface area contributed by atoms with E-state index in [9.17, 15) is 9.59 Å². The zero-order chi connectivity index (χ0) is 22.3. The normalized spacial score (nSPS) is 13.8. The summed E-state index contributed by atoms with van der Waals surface area (Å²) in [4.78, 5) is 28.9. The van der Waals surface area contributed by atoms with Gasteiger partial charge in [-0.15, -0.1) is 0 Å². The van der Waals surface area contributed by atoms with Crippen LogP contribution in [0.4, 0.5) is 0 Å². The van der Waals surface area contributed by atoms with E-state index in [4.69, 9.17) is 9.47 Å². The van der Waals surface area contributed by atoms with Gasteiger partial charge in [0.15, 0.2) is 0 Å². The number of amides is 2. The lowest BCUT2D eigenvalue weighted by Gasteiger charge is -2.35. The second-order valence-corrected chi connectivity index (χ2v) is 7.83. The molecule has 1 heterocycles. The molecule has 166 valence electrons. The summed E-state index contributed by atoms with van der Waals surface area (Å²) >= 11 is 0. The minimum absolute atomic E-state index is 0.0109. The number of piperazine rings is 1. The van der Waals surface area contributed by atoms with Gasteiger partial charge in [0.2, 0.25) is 5.91 Å². The maximum absolute atomic E-state index is 12.7. The Balaban J connectivity index is 1.21. The number of nitrogens with zero attached hydrogens (tertiary/aromatic N) is 2. The molecule has 3 aromatic carbocycles. The van der Waals surface area contributed by atoms with Gasteiger partial charge in [0.05, 0.1) is 13.7 Å². The van der Waals surface area contributed by atoms with Crippen molar-refractivity contribution < 1.29 is 19.1 Å². The average Bonchev–Trinajstić information content (AvgIpc) is 2.86. The Bertz CT molecular complexity index is 1070. The zero-order valence-electron chi connectivity index (χ0n) is 18.3. The van der Waals surface area contributed by atoms with E-state index >= 15 is 0 Å². The van der Waals surface area contributed by atoms with Crippen LogP contribution in [0.2, 0.25) is 0 Å². The number of rotatable bonds is 7. The number of methoxy groups -OCH3 is 1. The van der Waals surface area contributed by atoms with Crippen LogP contribution in [0.25, 0.3) is 10.8 Å². The standard InChI is InChI=1S/C26H28N2O4/c1-31-22-13-11-21(12-14-22)26(30)28-17-15-27(16-18-28)25(29)10-5-19-32-24-9-4-7-20-6-2-3-8-23(20)24/h2-4,6-9,11-14H,5,10,15-19H2,1H3. The van der Waals surface area contributed by atoms with Crippen molar-refractivity contribution in [3.05, 3.63) is 72.3 Å². The fourth-order valence-corrected chi connectivity index (χ4v) is 3.96. The third-order valence-electron chi connectivity index (χ3n) is 5.80. The van der Waals surface area contributed by atoms with Crippen molar-refractivity contribution in [3.8, 4) is 11.5 Å². The molecule has 3 aromatic rings. The quantitative estimate of drug-likeness (QED) is 0.530. The van der Waals surface area contributed by atoms with Crippen LogP contribution in [0.5, 0.6) is 11.5 Å². The van der Waals surface area contributed by atoms with E-state index < -0.39 is 0 Å². The second kappa shape index (κ2) is 10.2. The van der Waals surface area contributed by atoms with Crippen LogP contribution in [-0.4, -0.2) is 61.5 Å². The Hall–Kier alpha value is -3.54. The highest BCUT2D eigenvalue weighted by Crippen LogP contribution is 2.25. The molecule has 6 nitrogen and oxygen atoms in total. The van der Waals surface area contributed by atoms with Crippen LogP contribution in [0.1, 0.15) is 23.2 Å². The van der Waals surface area contributed by atoms with E-state index in [-0.39, 0.29) is 11.8 Å². The SMILES string of the molecule is COc1ccc(C(=O)N2CCN(C(=O)CCCOc3cccc4ccccc34)CC2)cc1. The molecular weight excluding hydrogens is 404 g/mol. The molecule has 0 aromatic heterocycles. The van der Waals surface area contributed by atoms with Gasteiger partial charge in [-0.3, -0.25) is 9.59 Å². The predicted octanol–water partition coefficient (Wildman–Crippen LogP) is 3.99. The Labute approximate surface area is 188 Å². The summed E-state index contributed by atoms with van der Waals surface area (Å²) in [5.74, 6) is 1.67. The fourth-order valence-electron chi connectivity index (χ4n) is 3.96. The zero-order valence-corrected chi connectivity index (χ0v) is 18.3. The largest absolute Gasteiger partial charge is 0.497 e. The summed E-state index contributed by atoms with van der Waals surface area (Å²) in [6.07, 6.45) is 1.10. The number of benzene rings is 3. The Morgan fingerprint density at radius 2 is 1.53 bits per heavy atom. The number of carbonyl (C=O) groups is 2. The van der Waals surface area contributed by atoms with Gasteiger partial charge < -0.3 is 19.3 Å². The Morgan fingerprint density at radius 1 is 0.844 bits per heavy atom. The topological polar surface area (TPSA) is 59.1 Å². The first kappa shape index (κ1) is 21.7. The van der Waals surface area contributed by atoms with Crippen LogP contribution in [0, 0.1) is 0 Å². The molecule has 1 aliphatic rings. The van der Waals surface area contributed by atoms with Gasteiger partial charge in [0, 0.05) is 43.5 Å². The number of hydrogen-bond donors (Lipinski definition) is 0. The molecule has 6 heteroatoms. The molecule has 1 aliphatic heterocycles. The molecule has 0 atom stereocenters. The highest BCUT2D eigenvalue weighted by atomic mass is 16.5. The summed E-state index contributed by atoms with van der Waals surface area (Å²) in [5, 5.41) is 2.22. The van der Waals surface area contributed by atoms with Crippen molar-refractivity contribution in [1.29, 1.82) is 0 Å². The molecule has 0 radical (unpaired) electrons. The summed E-state index contributed by atoms with van der Waals surface area (Å²) in [6, 6.07) is 21.2. The summed E-state index contributed by atoms with van der Waals surface area (Å²) < 4.78 is 11.1. The minimum atomic E-state index is -0.0109. The molecule has 0 bridgehead atoms. The van der Waals surface area contributed by atoms with Crippen LogP contribution < -0.4 is 9.47 Å². The van der Waals surface area contributed by atoms with Crippen LogP contribution >= 0.6 is 0 Å². The fraction of sp³-hybridized carbons (Fsp3) is 0.308. The molecule has 0 saturated carbocycles. The maximum Gasteiger partial charge on any atom is 0.253 e. The van der Waals surface area contributed by atoms with Crippen LogP contribution in [-0.2, 0) is 4.79 Å². The van der Waals surface area contributed by atoms with Crippen molar-refractivity contribution in [2.75, 3.05) is 39.9 Å². The first-order valence-electron chi connectivity index (χ1n) is 11.0. The number of hydrogen-bond acceptors (Lipinski definition) is 4. The van der Waals surface area contributed by atoms with Gasteiger partial charge in [0.25, 0.3) is 5.91 Å². The van der Waals surface area contributed by atoms with Gasteiger partial charge in [-0.2, -0.15) is 0 Å². The average molecular weight is 433 g/mol. The second-order valence-electron chi connectivity index (χ2n) is 7.83. The third kappa shape index (κ3) is 5.02. The maximum atomic E-state index is 12.7.